The van der Waals surface area contributed by atoms with Crippen LogP contribution in [0.2, 0.25) is 18.1 Å². The number of rotatable bonds is 31. The van der Waals surface area contributed by atoms with Crippen LogP contribution >= 0.6 is 0 Å². The average molecular weight is 782 g/mol. The highest BCUT2D eigenvalue weighted by Crippen LogP contribution is 2.38. The van der Waals surface area contributed by atoms with Crippen molar-refractivity contribution in [1.29, 1.82) is 0 Å². The van der Waals surface area contributed by atoms with E-state index in [0.29, 0.717) is 13.0 Å². The van der Waals surface area contributed by atoms with Gasteiger partial charge in [0, 0.05) is 13.0 Å². The minimum absolute atomic E-state index is 0.0322. The van der Waals surface area contributed by atoms with Crippen LogP contribution in [0.25, 0.3) is 0 Å². The summed E-state index contributed by atoms with van der Waals surface area (Å²) in [5, 5.41) is 2.91. The molecule has 1 rings (SSSR count). The SMILES string of the molecule is C=CCOC(=O)O[C@H]1[C@H](OCCCCCCCCCC)[C@@H](NC(=O)CC(=O)CCCCCCCCCCC)[C@H](O/C=C/C)O[C@@H]1CO[Si](C)(C)C(C)(C)C. The molecule has 0 unspecified atom stereocenters. The molecule has 0 aliphatic carbocycles. The van der Waals surface area contributed by atoms with Gasteiger partial charge in [0.25, 0.3) is 0 Å². The van der Waals surface area contributed by atoms with E-state index in [1.165, 1.54) is 83.0 Å². The summed E-state index contributed by atoms with van der Waals surface area (Å²) < 4.78 is 36.8. The molecule has 0 aromatic carbocycles. The first-order valence-corrected chi connectivity index (χ1v) is 24.1. The lowest BCUT2D eigenvalue weighted by Gasteiger charge is -2.46. The molecule has 1 aliphatic rings. The number of allylic oxidation sites excluding steroid dienone is 1. The Balaban J connectivity index is 3.19. The number of unbranched alkanes of at least 4 members (excludes halogenated alkanes) is 15. The predicted octanol–water partition coefficient (Wildman–Crippen LogP) is 10.9. The minimum atomic E-state index is -2.26. The van der Waals surface area contributed by atoms with Gasteiger partial charge in [0.2, 0.25) is 12.2 Å². The van der Waals surface area contributed by atoms with Gasteiger partial charge in [-0.3, -0.25) is 9.59 Å². The van der Waals surface area contributed by atoms with Crippen LogP contribution in [-0.4, -0.2) is 76.6 Å². The van der Waals surface area contributed by atoms with Gasteiger partial charge in [0.1, 0.15) is 30.6 Å². The summed E-state index contributed by atoms with van der Waals surface area (Å²) in [6.07, 6.45) is 19.6. The Kier molecular flexibility index (Phi) is 26.8. The molecule has 10 nitrogen and oxygen atoms in total. The highest BCUT2D eigenvalue weighted by atomic mass is 28.4. The van der Waals surface area contributed by atoms with E-state index in [0.717, 1.165) is 38.5 Å². The van der Waals surface area contributed by atoms with Crippen LogP contribution in [0.4, 0.5) is 4.79 Å². The summed E-state index contributed by atoms with van der Waals surface area (Å²) in [5.41, 5.74) is 0. The molecule has 0 radical (unpaired) electrons. The fourth-order valence-corrected chi connectivity index (χ4v) is 7.19. The molecule has 0 saturated carbocycles. The minimum Gasteiger partial charge on any atom is -0.471 e. The lowest BCUT2D eigenvalue weighted by atomic mass is 9.95. The highest BCUT2D eigenvalue weighted by molar-refractivity contribution is 6.74. The van der Waals surface area contributed by atoms with E-state index < -0.39 is 51.0 Å². The van der Waals surface area contributed by atoms with Crippen molar-refractivity contribution in [2.45, 2.75) is 212 Å². The quantitative estimate of drug-likeness (QED) is 0.0183. The molecule has 0 aromatic heterocycles. The third kappa shape index (κ3) is 21.2. The molecule has 54 heavy (non-hydrogen) atoms. The summed E-state index contributed by atoms with van der Waals surface area (Å²) >= 11 is 0. The molecule has 1 saturated heterocycles. The molecule has 11 heteroatoms. The van der Waals surface area contributed by atoms with Crippen LogP contribution in [0.15, 0.2) is 25.0 Å². The van der Waals surface area contributed by atoms with Crippen LogP contribution in [-0.2, 0) is 37.7 Å². The summed E-state index contributed by atoms with van der Waals surface area (Å²) in [7, 11) is -2.26. The molecule has 1 heterocycles. The second kappa shape index (κ2) is 29.1. The highest BCUT2D eigenvalue weighted by Gasteiger charge is 2.51. The van der Waals surface area contributed by atoms with E-state index >= 15 is 0 Å². The zero-order chi connectivity index (χ0) is 40.2. The van der Waals surface area contributed by atoms with Gasteiger partial charge in [-0.1, -0.05) is 150 Å². The van der Waals surface area contributed by atoms with Gasteiger partial charge >= 0.3 is 6.16 Å². The number of hydrogen-bond acceptors (Lipinski definition) is 9. The third-order valence-electron chi connectivity index (χ3n) is 10.5. The molecule has 1 fully saturated rings. The maximum absolute atomic E-state index is 13.5. The Morgan fingerprint density at radius 2 is 1.37 bits per heavy atom. The monoisotopic (exact) mass is 782 g/mol. The smallest absolute Gasteiger partial charge is 0.471 e. The zero-order valence-electron chi connectivity index (χ0n) is 35.6. The molecule has 1 aliphatic heterocycles. The van der Waals surface area contributed by atoms with Crippen molar-refractivity contribution >= 4 is 26.2 Å². The van der Waals surface area contributed by atoms with Crippen LogP contribution in [0.3, 0.4) is 0 Å². The first kappa shape index (κ1) is 49.8. The van der Waals surface area contributed by atoms with Crippen molar-refractivity contribution in [3.63, 3.8) is 0 Å². The zero-order valence-corrected chi connectivity index (χ0v) is 36.6. The van der Waals surface area contributed by atoms with Gasteiger partial charge in [0.05, 0.1) is 19.3 Å². The standard InChI is InChI=1S/C43H79NO9Si/c1-10-14-16-18-20-22-23-25-27-29-35(45)33-37(46)44-38-40(48-32-28-26-24-21-19-17-15-11-2)39(53-42(47)50-31-13-4)36(52-41(38)49-30-12-3)34-51-54(8,9)43(5,6)7/h12-13,30,36,38-41H,4,10-11,14-29,31-34H2,1-3,5-9H3,(H,44,46)/b30-12+/t36-,38-,39-,40-,41-/m1/s1. The van der Waals surface area contributed by atoms with Crippen LogP contribution in [0.1, 0.15) is 164 Å². The number of carbonyl (C=O) groups excluding carboxylic acids is 3. The lowest BCUT2D eigenvalue weighted by molar-refractivity contribution is -0.264. The maximum Gasteiger partial charge on any atom is 0.509 e. The van der Waals surface area contributed by atoms with Gasteiger partial charge in [-0.2, -0.15) is 0 Å². The predicted molar refractivity (Wildman–Crippen MR) is 220 cm³/mol. The van der Waals surface area contributed by atoms with E-state index in [4.69, 9.17) is 28.1 Å². The number of ketones is 1. The molecule has 5 atom stereocenters. The normalized spacial score (nSPS) is 20.5. The molecular formula is C43H79NO9Si. The average Bonchev–Trinajstić information content (AvgIpc) is 3.12. The molecule has 0 spiro atoms. The van der Waals surface area contributed by atoms with Crippen molar-refractivity contribution < 1.29 is 42.5 Å². The van der Waals surface area contributed by atoms with E-state index in [9.17, 15) is 14.4 Å². The summed E-state index contributed by atoms with van der Waals surface area (Å²) in [6.45, 7) is 21.1. The molecule has 1 amide bonds. The van der Waals surface area contributed by atoms with E-state index in [2.05, 4.69) is 59.6 Å². The van der Waals surface area contributed by atoms with E-state index in [1.807, 2.05) is 6.92 Å². The van der Waals surface area contributed by atoms with Gasteiger partial charge in [-0.05, 0) is 37.9 Å². The van der Waals surface area contributed by atoms with Crippen LogP contribution in [0.5, 0.6) is 0 Å². The number of hydrogen-bond donors (Lipinski definition) is 1. The second-order valence-corrected chi connectivity index (χ2v) is 21.2. The van der Waals surface area contributed by atoms with Gasteiger partial charge < -0.3 is 33.4 Å². The summed E-state index contributed by atoms with van der Waals surface area (Å²) in [5.74, 6) is -0.570. The summed E-state index contributed by atoms with van der Waals surface area (Å²) in [4.78, 5) is 39.4. The van der Waals surface area contributed by atoms with Crippen molar-refractivity contribution in [3.05, 3.63) is 25.0 Å². The number of nitrogens with one attached hydrogen (secondary N) is 1. The molecule has 1 N–H and O–H groups in total. The number of carbonyl (C=O) groups is 3. The second-order valence-electron chi connectivity index (χ2n) is 16.3. The van der Waals surface area contributed by atoms with Crippen LogP contribution < -0.4 is 5.32 Å². The Morgan fingerprint density at radius 1 is 0.815 bits per heavy atom. The lowest BCUT2D eigenvalue weighted by Crippen LogP contribution is -2.66. The van der Waals surface area contributed by atoms with Gasteiger partial charge in [-0.25, -0.2) is 4.79 Å². The molecule has 0 bridgehead atoms. The maximum atomic E-state index is 13.5. The Bertz CT molecular complexity index is 1060. The van der Waals surface area contributed by atoms with Gasteiger partial charge in [0.15, 0.2) is 14.4 Å². The molecular weight excluding hydrogens is 703 g/mol. The molecule has 0 aromatic rings. The Hall–Kier alpha value is -2.21. The van der Waals surface area contributed by atoms with Crippen molar-refractivity contribution in [2.75, 3.05) is 19.8 Å². The Morgan fingerprint density at radius 3 is 1.91 bits per heavy atom. The van der Waals surface area contributed by atoms with Gasteiger partial charge in [-0.15, -0.1) is 0 Å². The first-order chi connectivity index (χ1) is 25.8. The van der Waals surface area contributed by atoms with Crippen molar-refractivity contribution in [2.24, 2.45) is 0 Å². The van der Waals surface area contributed by atoms with E-state index in [1.54, 1.807) is 6.08 Å². The van der Waals surface area contributed by atoms with Crippen molar-refractivity contribution in [3.8, 4) is 0 Å². The fourth-order valence-electron chi connectivity index (χ4n) is 6.18. The van der Waals surface area contributed by atoms with E-state index in [-0.39, 0.29) is 30.5 Å². The Labute approximate surface area is 330 Å². The number of ether oxygens (including phenoxy) is 5. The first-order valence-electron chi connectivity index (χ1n) is 21.2. The largest absolute Gasteiger partial charge is 0.509 e. The molecule has 314 valence electrons. The van der Waals surface area contributed by atoms with Crippen molar-refractivity contribution in [1.82, 2.24) is 5.32 Å². The number of amides is 1. The summed E-state index contributed by atoms with van der Waals surface area (Å²) in [6, 6.07) is -0.899. The third-order valence-corrected chi connectivity index (χ3v) is 15.0. The fraction of sp³-hybridized carbons (Fsp3) is 0.837. The van der Waals surface area contributed by atoms with Crippen LogP contribution in [0, 0.1) is 0 Å². The topological polar surface area (TPSA) is 119 Å². The number of Topliss-reactive ketones (excluding diaryl/α,β-unsaturated/α-hetero) is 1.